The lowest BCUT2D eigenvalue weighted by molar-refractivity contribution is 0.0694. The molecule has 0 aliphatic rings. The van der Waals surface area contributed by atoms with Crippen LogP contribution < -0.4 is 5.56 Å². The molecule has 0 saturated carbocycles. The van der Waals surface area contributed by atoms with Gasteiger partial charge in [-0.2, -0.15) is 0 Å². The Morgan fingerprint density at radius 2 is 1.95 bits per heavy atom. The molecule has 0 unspecified atom stereocenters. The van der Waals surface area contributed by atoms with Gasteiger partial charge < -0.3 is 5.11 Å². The third kappa shape index (κ3) is 2.32. The van der Waals surface area contributed by atoms with Crippen LogP contribution in [0.25, 0.3) is 5.69 Å². The largest absolute Gasteiger partial charge is 0.478 e. The number of benzene rings is 1. The van der Waals surface area contributed by atoms with Crippen LogP contribution in [-0.4, -0.2) is 15.6 Å². The molecule has 0 amide bonds. The Morgan fingerprint density at radius 3 is 2.55 bits per heavy atom. The highest BCUT2D eigenvalue weighted by Gasteiger charge is 2.18. The highest BCUT2D eigenvalue weighted by atomic mass is 35.5. The summed E-state index contributed by atoms with van der Waals surface area (Å²) >= 11 is 5.97. The predicted molar refractivity (Wildman–Crippen MR) is 73.4 cm³/mol. The van der Waals surface area contributed by atoms with E-state index in [0.29, 0.717) is 5.56 Å². The third-order valence-electron chi connectivity index (χ3n) is 3.01. The fourth-order valence-electron chi connectivity index (χ4n) is 2.16. The van der Waals surface area contributed by atoms with E-state index < -0.39 is 17.3 Å². The van der Waals surface area contributed by atoms with Gasteiger partial charge in [-0.15, -0.1) is 0 Å². The number of nitrogens with zero attached hydrogens (tertiary/aromatic N) is 1. The molecule has 0 aliphatic heterocycles. The Bertz CT molecular complexity index is 768. The van der Waals surface area contributed by atoms with Crippen LogP contribution in [0.1, 0.15) is 21.6 Å². The van der Waals surface area contributed by atoms with Crippen molar-refractivity contribution in [1.29, 1.82) is 0 Å². The topological polar surface area (TPSA) is 59.3 Å². The van der Waals surface area contributed by atoms with Crippen molar-refractivity contribution in [3.8, 4) is 5.69 Å². The molecule has 0 atom stereocenters. The van der Waals surface area contributed by atoms with Gasteiger partial charge in [0.15, 0.2) is 0 Å². The lowest BCUT2D eigenvalue weighted by atomic mass is 10.1. The van der Waals surface area contributed by atoms with Crippen molar-refractivity contribution in [2.75, 3.05) is 0 Å². The summed E-state index contributed by atoms with van der Waals surface area (Å²) < 4.78 is 14.4. The van der Waals surface area contributed by atoms with Gasteiger partial charge in [0, 0.05) is 11.8 Å². The van der Waals surface area contributed by atoms with E-state index in [1.165, 1.54) is 32.0 Å². The van der Waals surface area contributed by atoms with Gasteiger partial charge in [0.2, 0.25) is 0 Å². The molecule has 0 spiro atoms. The van der Waals surface area contributed by atoms with Crippen molar-refractivity contribution in [2.45, 2.75) is 13.8 Å². The average Bonchev–Trinajstić information content (AvgIpc) is 2.32. The summed E-state index contributed by atoms with van der Waals surface area (Å²) in [5.41, 5.74) is 0.220. The number of aromatic nitrogens is 1. The Kier molecular flexibility index (Phi) is 3.63. The Labute approximate surface area is 119 Å². The average molecular weight is 296 g/mol. The minimum Gasteiger partial charge on any atom is -0.478 e. The molecule has 2 aromatic rings. The second-order valence-corrected chi connectivity index (χ2v) is 4.77. The number of hydrogen-bond donors (Lipinski definition) is 1. The SMILES string of the molecule is Cc1cc(=O)n(-c2cc(F)ccc2Cl)c(C)c1C(=O)O. The molecule has 2 rings (SSSR count). The van der Waals surface area contributed by atoms with Gasteiger partial charge in [0.25, 0.3) is 5.56 Å². The molecule has 0 saturated heterocycles. The van der Waals surface area contributed by atoms with Gasteiger partial charge >= 0.3 is 5.97 Å². The number of carbonyl (C=O) groups is 1. The lowest BCUT2D eigenvalue weighted by Crippen LogP contribution is -2.24. The van der Waals surface area contributed by atoms with Crippen molar-refractivity contribution in [1.82, 2.24) is 4.57 Å². The molecular formula is C14H11ClFNO3. The molecule has 0 fully saturated rings. The zero-order valence-electron chi connectivity index (χ0n) is 10.8. The van der Waals surface area contributed by atoms with E-state index in [-0.39, 0.29) is 22.0 Å². The van der Waals surface area contributed by atoms with Gasteiger partial charge in [0.05, 0.1) is 16.3 Å². The normalized spacial score (nSPS) is 10.6. The number of halogens is 2. The van der Waals surface area contributed by atoms with E-state index in [9.17, 15) is 19.1 Å². The molecule has 20 heavy (non-hydrogen) atoms. The number of carboxylic acid groups (broad SMARTS) is 1. The second-order valence-electron chi connectivity index (χ2n) is 4.36. The summed E-state index contributed by atoms with van der Waals surface area (Å²) in [4.78, 5) is 23.4. The van der Waals surface area contributed by atoms with Crippen molar-refractivity contribution < 1.29 is 14.3 Å². The van der Waals surface area contributed by atoms with Crippen LogP contribution in [0.4, 0.5) is 4.39 Å². The van der Waals surface area contributed by atoms with Gasteiger partial charge in [0.1, 0.15) is 5.82 Å². The summed E-state index contributed by atoms with van der Waals surface area (Å²) in [5, 5.41) is 9.37. The number of rotatable bonds is 2. The Morgan fingerprint density at radius 1 is 1.30 bits per heavy atom. The van der Waals surface area contributed by atoms with Crippen molar-refractivity contribution in [3.63, 3.8) is 0 Å². The number of carboxylic acids is 1. The number of aromatic carboxylic acids is 1. The van der Waals surface area contributed by atoms with Crippen molar-refractivity contribution in [2.24, 2.45) is 0 Å². The monoisotopic (exact) mass is 295 g/mol. The summed E-state index contributed by atoms with van der Waals surface area (Å²) in [6, 6.07) is 4.77. The van der Waals surface area contributed by atoms with Crippen LogP contribution in [0.15, 0.2) is 29.1 Å². The smallest absolute Gasteiger partial charge is 0.337 e. The van der Waals surface area contributed by atoms with Gasteiger partial charge in [-0.1, -0.05) is 11.6 Å². The minimum atomic E-state index is -1.15. The fraction of sp³-hybridized carbons (Fsp3) is 0.143. The van der Waals surface area contributed by atoms with E-state index in [0.717, 1.165) is 10.6 Å². The molecule has 1 aromatic carbocycles. The first-order chi connectivity index (χ1) is 9.32. The van der Waals surface area contributed by atoms with Crippen LogP contribution in [0.3, 0.4) is 0 Å². The van der Waals surface area contributed by atoms with Crippen molar-refractivity contribution in [3.05, 3.63) is 62.3 Å². The minimum absolute atomic E-state index is 0.00456. The molecule has 0 radical (unpaired) electrons. The summed E-state index contributed by atoms with van der Waals surface area (Å²) in [5.74, 6) is -1.71. The highest BCUT2D eigenvalue weighted by Crippen LogP contribution is 2.23. The molecule has 104 valence electrons. The Balaban J connectivity index is 2.88. The van der Waals surface area contributed by atoms with E-state index >= 15 is 0 Å². The van der Waals surface area contributed by atoms with E-state index in [4.69, 9.17) is 11.6 Å². The van der Waals surface area contributed by atoms with E-state index in [1.54, 1.807) is 0 Å². The maximum Gasteiger partial charge on any atom is 0.337 e. The van der Waals surface area contributed by atoms with Gasteiger partial charge in [-0.3, -0.25) is 9.36 Å². The lowest BCUT2D eigenvalue weighted by Gasteiger charge is -2.15. The molecular weight excluding hydrogens is 285 g/mol. The molecule has 4 nitrogen and oxygen atoms in total. The standard InChI is InChI=1S/C14H11ClFNO3/c1-7-5-12(18)17(8(2)13(7)14(19)20)11-6-9(16)3-4-10(11)15/h3-6H,1-2H3,(H,19,20). The molecule has 1 heterocycles. The zero-order valence-corrected chi connectivity index (χ0v) is 11.5. The molecule has 6 heteroatoms. The highest BCUT2D eigenvalue weighted by molar-refractivity contribution is 6.32. The maximum atomic E-state index is 13.3. The number of pyridine rings is 1. The first-order valence-corrected chi connectivity index (χ1v) is 6.12. The van der Waals surface area contributed by atoms with Crippen LogP contribution in [0.2, 0.25) is 5.02 Å². The van der Waals surface area contributed by atoms with Crippen molar-refractivity contribution >= 4 is 17.6 Å². The summed E-state index contributed by atoms with van der Waals surface area (Å²) in [6.07, 6.45) is 0. The van der Waals surface area contributed by atoms with Crippen LogP contribution >= 0.6 is 11.6 Å². The second kappa shape index (κ2) is 5.09. The molecule has 1 aromatic heterocycles. The molecule has 1 N–H and O–H groups in total. The first kappa shape index (κ1) is 14.3. The molecule has 0 bridgehead atoms. The summed E-state index contributed by atoms with van der Waals surface area (Å²) in [7, 11) is 0. The quantitative estimate of drug-likeness (QED) is 0.926. The van der Waals surface area contributed by atoms with Crippen LogP contribution in [0, 0.1) is 19.7 Å². The van der Waals surface area contributed by atoms with E-state index in [2.05, 4.69) is 0 Å². The van der Waals surface area contributed by atoms with Gasteiger partial charge in [-0.05, 0) is 37.6 Å². The first-order valence-electron chi connectivity index (χ1n) is 5.75. The number of aryl methyl sites for hydroxylation is 1. The zero-order chi connectivity index (χ0) is 15.0. The Hall–Kier alpha value is -2.14. The third-order valence-corrected chi connectivity index (χ3v) is 3.33. The van der Waals surface area contributed by atoms with Crippen LogP contribution in [-0.2, 0) is 0 Å². The fourth-order valence-corrected chi connectivity index (χ4v) is 2.37. The predicted octanol–water partition coefficient (Wildman–Crippen LogP) is 2.95. The number of hydrogen-bond acceptors (Lipinski definition) is 2. The van der Waals surface area contributed by atoms with E-state index in [1.807, 2.05) is 0 Å². The maximum absolute atomic E-state index is 13.3. The molecule has 0 aliphatic carbocycles. The van der Waals surface area contributed by atoms with Crippen LogP contribution in [0.5, 0.6) is 0 Å². The summed E-state index contributed by atoms with van der Waals surface area (Å²) in [6.45, 7) is 3.02. The van der Waals surface area contributed by atoms with Gasteiger partial charge in [-0.25, -0.2) is 9.18 Å².